The van der Waals surface area contributed by atoms with Gasteiger partial charge >= 0.3 is 11.9 Å². The predicted molar refractivity (Wildman–Crippen MR) is 214 cm³/mol. The van der Waals surface area contributed by atoms with Gasteiger partial charge in [-0.15, -0.1) is 0 Å². The Morgan fingerprint density at radius 3 is 1.47 bits per heavy atom. The fourth-order valence-corrected chi connectivity index (χ4v) is 8.55. The maximum Gasteiger partial charge on any atom is 0.335 e. The molecule has 0 aliphatic carbocycles. The molecule has 0 unspecified atom stereocenters. The van der Waals surface area contributed by atoms with Crippen molar-refractivity contribution in [1.82, 2.24) is 0 Å². The third-order valence-corrected chi connectivity index (χ3v) is 11.8. The molecule has 0 aromatic heterocycles. The summed E-state index contributed by atoms with van der Waals surface area (Å²) < 4.78 is 96.8. The normalized spacial score (nSPS) is 11.2. The smallest absolute Gasteiger partial charge is 0.335 e. The van der Waals surface area contributed by atoms with Crippen molar-refractivity contribution >= 4 is 43.4 Å². The van der Waals surface area contributed by atoms with Crippen LogP contribution in [0, 0.1) is 24.4 Å². The minimum atomic E-state index is -4.48. The summed E-state index contributed by atoms with van der Waals surface area (Å²) in [5.41, 5.74) is 4.38. The Kier molecular flexibility index (Phi) is 13.7. The first-order chi connectivity index (χ1) is 27.5. The molecule has 4 N–H and O–H groups in total. The minimum Gasteiger partial charge on any atom is -0.478 e. The van der Waals surface area contributed by atoms with E-state index < -0.39 is 54.3 Å². The van der Waals surface area contributed by atoms with E-state index in [1.807, 2.05) is 6.07 Å². The second-order valence-corrected chi connectivity index (χ2v) is 16.3. The molecule has 0 aliphatic rings. The van der Waals surface area contributed by atoms with E-state index in [0.29, 0.717) is 42.5 Å². The minimum absolute atomic E-state index is 0.110. The highest BCUT2D eigenvalue weighted by Crippen LogP contribution is 2.26. The number of carboxylic acid groups (broad SMARTS) is 2. The van der Waals surface area contributed by atoms with E-state index >= 15 is 0 Å². The number of para-hydroxylation sites is 2. The van der Waals surface area contributed by atoms with Crippen molar-refractivity contribution in [3.8, 4) is 0 Å². The Morgan fingerprint density at radius 1 is 0.534 bits per heavy atom. The van der Waals surface area contributed by atoms with E-state index in [1.165, 1.54) is 30.3 Å². The molecule has 0 spiro atoms. The first kappa shape index (κ1) is 42.7. The van der Waals surface area contributed by atoms with Crippen molar-refractivity contribution in [1.29, 1.82) is 0 Å². The zero-order chi connectivity index (χ0) is 42.0. The lowest BCUT2D eigenvalue weighted by Crippen LogP contribution is -2.17. The fourth-order valence-electron chi connectivity index (χ4n) is 5.95. The average molecular weight is 831 g/mol. The molecular formula is C43H37F3N2O8S2. The number of anilines is 2. The molecule has 0 saturated carbocycles. The summed E-state index contributed by atoms with van der Waals surface area (Å²) in [6, 6.07) is 33.0. The van der Waals surface area contributed by atoms with Crippen LogP contribution < -0.4 is 9.44 Å². The first-order valence-electron chi connectivity index (χ1n) is 17.6. The van der Waals surface area contributed by atoms with E-state index in [9.17, 15) is 39.6 Å². The molecule has 0 atom stereocenters. The van der Waals surface area contributed by atoms with Gasteiger partial charge in [0.1, 0.15) is 17.5 Å². The summed E-state index contributed by atoms with van der Waals surface area (Å²) in [6.45, 7) is 1.61. The number of aryl methyl sites for hydroxylation is 5. The third kappa shape index (κ3) is 11.1. The maximum absolute atomic E-state index is 13.9. The molecule has 0 fully saturated rings. The van der Waals surface area contributed by atoms with E-state index in [0.717, 1.165) is 41.0 Å². The molecule has 300 valence electrons. The van der Waals surface area contributed by atoms with Gasteiger partial charge in [0.15, 0.2) is 4.90 Å². The number of aromatic carboxylic acids is 2. The van der Waals surface area contributed by atoms with Gasteiger partial charge < -0.3 is 10.2 Å². The Morgan fingerprint density at radius 2 is 0.983 bits per heavy atom. The van der Waals surface area contributed by atoms with Crippen molar-refractivity contribution in [2.24, 2.45) is 0 Å². The SMILES string of the molecule is Cc1ccc(F)cc1S(=O)(=O)Nc1ccccc1CCc1cccc(C(=O)O)c1.O=C(O)c1cccc(CCc2ccccc2NS(=O)(=O)c2c(F)cccc2F)c1. The van der Waals surface area contributed by atoms with Gasteiger partial charge in [-0.05, 0) is 121 Å². The van der Waals surface area contributed by atoms with Gasteiger partial charge in [0.05, 0.1) is 27.4 Å². The zero-order valence-corrected chi connectivity index (χ0v) is 32.5. The van der Waals surface area contributed by atoms with Gasteiger partial charge in [0.25, 0.3) is 20.0 Å². The number of nitrogens with one attached hydrogen (secondary N) is 2. The van der Waals surface area contributed by atoms with E-state index in [2.05, 4.69) is 9.44 Å². The molecule has 58 heavy (non-hydrogen) atoms. The van der Waals surface area contributed by atoms with Crippen molar-refractivity contribution in [3.63, 3.8) is 0 Å². The first-order valence-corrected chi connectivity index (χ1v) is 20.6. The number of benzene rings is 6. The molecule has 6 aromatic rings. The molecule has 15 heteroatoms. The molecule has 10 nitrogen and oxygen atoms in total. The van der Waals surface area contributed by atoms with Gasteiger partial charge in [-0.25, -0.2) is 39.6 Å². The van der Waals surface area contributed by atoms with Crippen LogP contribution in [0.2, 0.25) is 0 Å². The van der Waals surface area contributed by atoms with Crippen LogP contribution >= 0.6 is 0 Å². The van der Waals surface area contributed by atoms with E-state index in [4.69, 9.17) is 10.2 Å². The number of rotatable bonds is 14. The highest BCUT2D eigenvalue weighted by molar-refractivity contribution is 7.93. The Bertz CT molecular complexity index is 2670. The standard InChI is InChI=1S/C22H20FNO4S.C21H17F2NO4S/c1-15-9-12-19(23)14-21(15)29(27,28)24-20-8-3-2-6-17(20)11-10-16-5-4-7-18(13-16)22(25)26;22-17-8-4-9-18(23)20(17)29(27,28)24-19-10-2-1-6-15(19)12-11-14-5-3-7-16(13-14)21(25)26/h2-9,12-14,24H,10-11H2,1H3,(H,25,26);1-10,13,24H,11-12H2,(H,25,26). The van der Waals surface area contributed by atoms with Crippen LogP contribution in [0.25, 0.3) is 0 Å². The van der Waals surface area contributed by atoms with E-state index in [-0.39, 0.29) is 21.7 Å². The quantitative estimate of drug-likeness (QED) is 0.0847. The number of hydrogen-bond acceptors (Lipinski definition) is 6. The highest BCUT2D eigenvalue weighted by Gasteiger charge is 2.25. The van der Waals surface area contributed by atoms with Crippen LogP contribution in [0.5, 0.6) is 0 Å². The van der Waals surface area contributed by atoms with Gasteiger partial charge in [-0.3, -0.25) is 9.44 Å². The highest BCUT2D eigenvalue weighted by atomic mass is 32.2. The van der Waals surface area contributed by atoms with Crippen molar-refractivity contribution in [3.05, 3.63) is 190 Å². The summed E-state index contributed by atoms with van der Waals surface area (Å²) in [4.78, 5) is 21.1. The lowest BCUT2D eigenvalue weighted by Gasteiger charge is -2.14. The molecule has 6 aromatic carbocycles. The van der Waals surface area contributed by atoms with Gasteiger partial charge in [0.2, 0.25) is 0 Å². The van der Waals surface area contributed by atoms with Crippen LogP contribution in [-0.4, -0.2) is 39.0 Å². The number of halogens is 3. The second-order valence-electron chi connectivity index (χ2n) is 13.0. The van der Waals surface area contributed by atoms with Crippen molar-refractivity contribution in [2.45, 2.75) is 42.4 Å². The van der Waals surface area contributed by atoms with Crippen LogP contribution in [0.1, 0.15) is 48.5 Å². The van der Waals surface area contributed by atoms with Gasteiger partial charge in [-0.1, -0.05) is 72.8 Å². The molecule has 0 aliphatic heterocycles. The summed E-state index contributed by atoms with van der Waals surface area (Å²) in [7, 11) is -8.43. The van der Waals surface area contributed by atoms with Crippen LogP contribution in [-0.2, 0) is 45.7 Å². The Labute approximate surface area is 333 Å². The second kappa shape index (κ2) is 18.7. The molecule has 6 rings (SSSR count). The monoisotopic (exact) mass is 830 g/mol. The average Bonchev–Trinajstić information content (AvgIpc) is 3.18. The summed E-state index contributed by atoms with van der Waals surface area (Å²) >= 11 is 0. The van der Waals surface area contributed by atoms with Crippen LogP contribution in [0.3, 0.4) is 0 Å². The molecule has 0 amide bonds. The topological polar surface area (TPSA) is 167 Å². The Balaban J connectivity index is 0.000000221. The molecular weight excluding hydrogens is 794 g/mol. The van der Waals surface area contributed by atoms with Crippen molar-refractivity contribution in [2.75, 3.05) is 9.44 Å². The number of sulfonamides is 2. The van der Waals surface area contributed by atoms with Gasteiger partial charge in [-0.2, -0.15) is 0 Å². The van der Waals surface area contributed by atoms with E-state index in [1.54, 1.807) is 79.7 Å². The molecule has 0 bridgehead atoms. The summed E-state index contributed by atoms with van der Waals surface area (Å²) in [5.74, 6) is -5.01. The van der Waals surface area contributed by atoms with Crippen molar-refractivity contribution < 1.29 is 49.8 Å². The lowest BCUT2D eigenvalue weighted by atomic mass is 10.0. The van der Waals surface area contributed by atoms with Gasteiger partial charge in [0, 0.05) is 0 Å². The van der Waals surface area contributed by atoms with Crippen LogP contribution in [0.15, 0.2) is 143 Å². The fraction of sp³-hybridized carbons (Fsp3) is 0.116. The number of carbonyl (C=O) groups is 2. The third-order valence-electron chi connectivity index (χ3n) is 8.86. The maximum atomic E-state index is 13.9. The number of hydrogen-bond donors (Lipinski definition) is 4. The summed E-state index contributed by atoms with van der Waals surface area (Å²) in [6.07, 6.45) is 1.89. The zero-order valence-electron chi connectivity index (χ0n) is 30.8. The largest absolute Gasteiger partial charge is 0.478 e. The molecule has 0 saturated heterocycles. The number of carboxylic acids is 2. The lowest BCUT2D eigenvalue weighted by molar-refractivity contribution is 0.0686. The summed E-state index contributed by atoms with van der Waals surface area (Å²) in [5, 5.41) is 18.2. The molecule has 0 heterocycles. The molecule has 0 radical (unpaired) electrons. The Hall–Kier alpha value is -6.45. The predicted octanol–water partition coefficient (Wildman–Crippen LogP) is 8.67. The van der Waals surface area contributed by atoms with Crippen LogP contribution in [0.4, 0.5) is 24.5 Å².